The van der Waals surface area contributed by atoms with Crippen LogP contribution in [0.4, 0.5) is 0 Å². The van der Waals surface area contributed by atoms with Crippen molar-refractivity contribution < 1.29 is 0 Å². The molecule has 1 saturated heterocycles. The monoisotopic (exact) mass is 213 g/mol. The van der Waals surface area contributed by atoms with Crippen molar-refractivity contribution in [3.8, 4) is 0 Å². The molecule has 1 rings (SSSR count). The molecular weight excluding hydrogens is 186 g/mol. The van der Waals surface area contributed by atoms with E-state index in [1.54, 1.807) is 0 Å². The fourth-order valence-corrected chi connectivity index (χ4v) is 2.18. The molecule has 0 radical (unpaired) electrons. The van der Waals surface area contributed by atoms with Crippen LogP contribution in [0.3, 0.4) is 0 Å². The minimum absolute atomic E-state index is 0.732. The smallest absolute Gasteiger partial charge is 0.0195 e. The maximum absolute atomic E-state index is 3.56. The van der Waals surface area contributed by atoms with Crippen molar-refractivity contribution in [3.05, 3.63) is 0 Å². The Labute approximate surface area is 94.8 Å². The van der Waals surface area contributed by atoms with Crippen LogP contribution in [0.15, 0.2) is 0 Å². The van der Waals surface area contributed by atoms with Gasteiger partial charge in [0.2, 0.25) is 0 Å². The average molecular weight is 213 g/mol. The number of likely N-dealkylation sites (tertiary alicyclic amines) is 1. The van der Waals surface area contributed by atoms with Crippen LogP contribution in [-0.4, -0.2) is 62.2 Å². The standard InChI is InChI=1S/C12H27N3/c1-4-13-12-7-6-8-15(11-12)10-9-14(3)5-2/h12-13H,4-11H2,1-3H3. The van der Waals surface area contributed by atoms with Crippen LogP contribution in [0.25, 0.3) is 0 Å². The van der Waals surface area contributed by atoms with E-state index in [0.717, 1.165) is 19.1 Å². The summed E-state index contributed by atoms with van der Waals surface area (Å²) >= 11 is 0. The summed E-state index contributed by atoms with van der Waals surface area (Å²) in [4.78, 5) is 4.99. The molecule has 0 spiro atoms. The van der Waals surface area contributed by atoms with Crippen LogP contribution in [0.1, 0.15) is 26.7 Å². The number of piperidine rings is 1. The van der Waals surface area contributed by atoms with Gasteiger partial charge in [-0.25, -0.2) is 0 Å². The van der Waals surface area contributed by atoms with Crippen molar-refractivity contribution in [1.82, 2.24) is 15.1 Å². The van der Waals surface area contributed by atoms with Crippen LogP contribution in [-0.2, 0) is 0 Å². The number of hydrogen-bond acceptors (Lipinski definition) is 3. The largest absolute Gasteiger partial charge is 0.313 e. The van der Waals surface area contributed by atoms with Crippen molar-refractivity contribution in [2.75, 3.05) is 46.3 Å². The highest BCUT2D eigenvalue weighted by Crippen LogP contribution is 2.09. The van der Waals surface area contributed by atoms with Gasteiger partial charge in [-0.1, -0.05) is 13.8 Å². The fraction of sp³-hybridized carbons (Fsp3) is 1.00. The van der Waals surface area contributed by atoms with E-state index in [9.17, 15) is 0 Å². The van der Waals surface area contributed by atoms with Gasteiger partial charge in [-0.15, -0.1) is 0 Å². The van der Waals surface area contributed by atoms with Gasteiger partial charge >= 0.3 is 0 Å². The Balaban J connectivity index is 2.18. The van der Waals surface area contributed by atoms with E-state index in [1.807, 2.05) is 0 Å². The molecule has 0 aromatic rings. The molecule has 0 aliphatic carbocycles. The lowest BCUT2D eigenvalue weighted by atomic mass is 10.1. The molecule has 90 valence electrons. The van der Waals surface area contributed by atoms with E-state index < -0.39 is 0 Å². The second-order valence-corrected chi connectivity index (χ2v) is 4.59. The SMILES string of the molecule is CCNC1CCCN(CCN(C)CC)C1. The van der Waals surface area contributed by atoms with Gasteiger partial charge in [0.25, 0.3) is 0 Å². The Morgan fingerprint density at radius 3 is 2.87 bits per heavy atom. The zero-order valence-corrected chi connectivity index (χ0v) is 10.6. The molecule has 1 atom stereocenters. The van der Waals surface area contributed by atoms with Crippen molar-refractivity contribution in [2.45, 2.75) is 32.7 Å². The Kier molecular flexibility index (Phi) is 6.22. The quantitative estimate of drug-likeness (QED) is 0.710. The molecule has 0 bridgehead atoms. The molecule has 0 aromatic heterocycles. The molecule has 3 heteroatoms. The van der Waals surface area contributed by atoms with Crippen molar-refractivity contribution in [3.63, 3.8) is 0 Å². The van der Waals surface area contributed by atoms with Crippen LogP contribution in [0.2, 0.25) is 0 Å². The van der Waals surface area contributed by atoms with E-state index >= 15 is 0 Å². The lowest BCUT2D eigenvalue weighted by Gasteiger charge is -2.33. The van der Waals surface area contributed by atoms with Gasteiger partial charge in [0, 0.05) is 25.7 Å². The van der Waals surface area contributed by atoms with Gasteiger partial charge in [0.05, 0.1) is 0 Å². The maximum atomic E-state index is 3.56. The summed E-state index contributed by atoms with van der Waals surface area (Å²) in [6, 6.07) is 0.732. The minimum Gasteiger partial charge on any atom is -0.313 e. The van der Waals surface area contributed by atoms with Crippen molar-refractivity contribution in [2.24, 2.45) is 0 Å². The summed E-state index contributed by atoms with van der Waals surface area (Å²) in [7, 11) is 2.20. The Morgan fingerprint density at radius 1 is 1.40 bits per heavy atom. The normalized spacial score (nSPS) is 23.6. The van der Waals surface area contributed by atoms with Gasteiger partial charge in [-0.3, -0.25) is 0 Å². The summed E-state index contributed by atoms with van der Waals surface area (Å²) in [6.45, 7) is 11.6. The Morgan fingerprint density at radius 2 is 2.20 bits per heavy atom. The van der Waals surface area contributed by atoms with E-state index in [4.69, 9.17) is 0 Å². The van der Waals surface area contributed by atoms with E-state index in [2.05, 4.69) is 36.0 Å². The first-order chi connectivity index (χ1) is 7.26. The third-order valence-corrected chi connectivity index (χ3v) is 3.34. The first-order valence-corrected chi connectivity index (χ1v) is 6.40. The van der Waals surface area contributed by atoms with Crippen LogP contribution >= 0.6 is 0 Å². The summed E-state index contributed by atoms with van der Waals surface area (Å²) in [6.07, 6.45) is 2.71. The number of hydrogen-bond donors (Lipinski definition) is 1. The first-order valence-electron chi connectivity index (χ1n) is 6.40. The predicted molar refractivity (Wildman–Crippen MR) is 66.3 cm³/mol. The van der Waals surface area contributed by atoms with E-state index in [1.165, 1.54) is 39.0 Å². The molecule has 1 N–H and O–H groups in total. The lowest BCUT2D eigenvalue weighted by Crippen LogP contribution is -2.47. The van der Waals surface area contributed by atoms with Gasteiger partial charge < -0.3 is 15.1 Å². The van der Waals surface area contributed by atoms with Crippen LogP contribution in [0.5, 0.6) is 0 Å². The molecule has 1 fully saturated rings. The molecule has 0 aromatic carbocycles. The number of nitrogens with one attached hydrogen (secondary N) is 1. The molecule has 1 unspecified atom stereocenters. The second-order valence-electron chi connectivity index (χ2n) is 4.59. The molecule has 0 amide bonds. The number of nitrogens with zero attached hydrogens (tertiary/aromatic N) is 2. The zero-order chi connectivity index (χ0) is 11.1. The van der Waals surface area contributed by atoms with E-state index in [-0.39, 0.29) is 0 Å². The first kappa shape index (κ1) is 12.9. The summed E-state index contributed by atoms with van der Waals surface area (Å²) in [5.41, 5.74) is 0. The van der Waals surface area contributed by atoms with Crippen LogP contribution in [0, 0.1) is 0 Å². The molecule has 1 heterocycles. The fourth-order valence-electron chi connectivity index (χ4n) is 2.18. The van der Waals surface area contributed by atoms with Gasteiger partial charge in [-0.05, 0) is 39.5 Å². The molecular formula is C12H27N3. The molecule has 1 aliphatic heterocycles. The maximum Gasteiger partial charge on any atom is 0.0195 e. The minimum atomic E-state index is 0.732. The molecule has 0 saturated carbocycles. The van der Waals surface area contributed by atoms with Gasteiger partial charge in [-0.2, -0.15) is 0 Å². The molecule has 1 aliphatic rings. The number of rotatable bonds is 6. The average Bonchev–Trinajstić information content (AvgIpc) is 2.27. The van der Waals surface area contributed by atoms with Gasteiger partial charge in [0.1, 0.15) is 0 Å². The topological polar surface area (TPSA) is 18.5 Å². The predicted octanol–water partition coefficient (Wildman–Crippen LogP) is 1.01. The Bertz CT molecular complexity index is 159. The molecule has 15 heavy (non-hydrogen) atoms. The zero-order valence-electron chi connectivity index (χ0n) is 10.6. The van der Waals surface area contributed by atoms with Gasteiger partial charge in [0.15, 0.2) is 0 Å². The summed E-state index contributed by atoms with van der Waals surface area (Å²) in [5.74, 6) is 0. The summed E-state index contributed by atoms with van der Waals surface area (Å²) in [5, 5.41) is 3.56. The highest BCUT2D eigenvalue weighted by molar-refractivity contribution is 4.77. The highest BCUT2D eigenvalue weighted by atomic mass is 15.2. The highest BCUT2D eigenvalue weighted by Gasteiger charge is 2.18. The second kappa shape index (κ2) is 7.20. The van der Waals surface area contributed by atoms with Crippen LogP contribution < -0.4 is 5.32 Å². The third kappa shape index (κ3) is 4.96. The Hall–Kier alpha value is -0.120. The summed E-state index contributed by atoms with van der Waals surface area (Å²) < 4.78 is 0. The van der Waals surface area contributed by atoms with Crippen molar-refractivity contribution >= 4 is 0 Å². The van der Waals surface area contributed by atoms with E-state index in [0.29, 0.717) is 0 Å². The molecule has 3 nitrogen and oxygen atoms in total. The number of likely N-dealkylation sites (N-methyl/N-ethyl adjacent to an activating group) is 2. The lowest BCUT2D eigenvalue weighted by molar-refractivity contribution is 0.172. The van der Waals surface area contributed by atoms with Crippen molar-refractivity contribution in [1.29, 1.82) is 0 Å². The third-order valence-electron chi connectivity index (χ3n) is 3.34.